The Balaban J connectivity index is 1.88. The summed E-state index contributed by atoms with van der Waals surface area (Å²) in [5, 5.41) is 0. The van der Waals surface area contributed by atoms with E-state index in [0.717, 1.165) is 38.2 Å². The maximum Gasteiger partial charge on any atom is 0.257 e. The molecule has 0 radical (unpaired) electrons. The van der Waals surface area contributed by atoms with Crippen LogP contribution in [0.25, 0.3) is 0 Å². The molecule has 1 aliphatic carbocycles. The van der Waals surface area contributed by atoms with Gasteiger partial charge in [-0.15, -0.1) is 0 Å². The molecule has 5 heteroatoms. The number of piperidine rings is 1. The summed E-state index contributed by atoms with van der Waals surface area (Å²) in [6.45, 7) is 0.650. The number of halogens is 2. The normalized spacial score (nSPS) is 25.5. The number of carbonyl (C=O) groups excluding carboxylic acids is 1. The van der Waals surface area contributed by atoms with E-state index in [0.29, 0.717) is 18.5 Å². The van der Waals surface area contributed by atoms with E-state index in [2.05, 4.69) is 0 Å². The van der Waals surface area contributed by atoms with Crippen LogP contribution in [0.5, 0.6) is 0 Å². The number of rotatable bonds is 1. The third kappa shape index (κ3) is 2.61. The van der Waals surface area contributed by atoms with Crippen molar-refractivity contribution in [3.05, 3.63) is 29.3 Å². The van der Waals surface area contributed by atoms with Crippen molar-refractivity contribution in [3.63, 3.8) is 0 Å². The molecular formula is C16H20F2N2O. The first-order valence-electron chi connectivity index (χ1n) is 7.63. The SMILES string of the molecule is Nc1cc(C(=O)N2CCCC3CCCCC32)c(F)cc1F. The molecule has 21 heavy (non-hydrogen) atoms. The Kier molecular flexibility index (Phi) is 3.83. The fraction of sp³-hybridized carbons (Fsp3) is 0.562. The molecule has 1 aromatic carbocycles. The lowest BCUT2D eigenvalue weighted by Crippen LogP contribution is -2.49. The molecule has 1 heterocycles. The first-order valence-corrected chi connectivity index (χ1v) is 7.63. The summed E-state index contributed by atoms with van der Waals surface area (Å²) in [4.78, 5) is 14.4. The average molecular weight is 294 g/mol. The maximum atomic E-state index is 13.9. The van der Waals surface area contributed by atoms with Crippen LogP contribution in [-0.2, 0) is 0 Å². The van der Waals surface area contributed by atoms with E-state index in [1.54, 1.807) is 4.90 Å². The number of fused-ring (bicyclic) bond motifs is 1. The molecule has 3 nitrogen and oxygen atoms in total. The van der Waals surface area contributed by atoms with Gasteiger partial charge in [-0.25, -0.2) is 8.78 Å². The van der Waals surface area contributed by atoms with Crippen LogP contribution in [0.4, 0.5) is 14.5 Å². The smallest absolute Gasteiger partial charge is 0.257 e. The van der Waals surface area contributed by atoms with Crippen molar-refractivity contribution < 1.29 is 13.6 Å². The molecule has 2 N–H and O–H groups in total. The van der Waals surface area contributed by atoms with Gasteiger partial charge < -0.3 is 10.6 Å². The highest BCUT2D eigenvalue weighted by atomic mass is 19.1. The summed E-state index contributed by atoms with van der Waals surface area (Å²) in [7, 11) is 0. The predicted molar refractivity (Wildman–Crippen MR) is 76.8 cm³/mol. The number of nitrogens with two attached hydrogens (primary N) is 1. The zero-order valence-corrected chi connectivity index (χ0v) is 11.9. The Hall–Kier alpha value is -1.65. The lowest BCUT2D eigenvalue weighted by Gasteiger charge is -2.44. The number of hydrogen-bond donors (Lipinski definition) is 1. The van der Waals surface area contributed by atoms with Gasteiger partial charge in [-0.1, -0.05) is 12.8 Å². The third-order valence-electron chi connectivity index (χ3n) is 4.82. The lowest BCUT2D eigenvalue weighted by atomic mass is 9.78. The second-order valence-electron chi connectivity index (χ2n) is 6.11. The van der Waals surface area contributed by atoms with Crippen LogP contribution in [-0.4, -0.2) is 23.4 Å². The van der Waals surface area contributed by atoms with Gasteiger partial charge >= 0.3 is 0 Å². The largest absolute Gasteiger partial charge is 0.396 e. The Morgan fingerprint density at radius 3 is 2.62 bits per heavy atom. The number of benzene rings is 1. The summed E-state index contributed by atoms with van der Waals surface area (Å²) in [6, 6.07) is 2.02. The number of nitrogen functional groups attached to an aromatic ring is 1. The maximum absolute atomic E-state index is 13.9. The van der Waals surface area contributed by atoms with Crippen LogP contribution in [0.2, 0.25) is 0 Å². The Labute approximate surface area is 123 Å². The van der Waals surface area contributed by atoms with Crippen molar-refractivity contribution in [2.24, 2.45) is 5.92 Å². The summed E-state index contributed by atoms with van der Waals surface area (Å²) >= 11 is 0. The van der Waals surface area contributed by atoms with Gasteiger partial charge in [0.15, 0.2) is 0 Å². The van der Waals surface area contributed by atoms with Gasteiger partial charge in [-0.05, 0) is 37.7 Å². The van der Waals surface area contributed by atoms with Gasteiger partial charge in [0, 0.05) is 18.7 Å². The van der Waals surface area contributed by atoms with Crippen LogP contribution in [0, 0.1) is 17.6 Å². The van der Waals surface area contributed by atoms with E-state index in [1.165, 1.54) is 6.42 Å². The highest BCUT2D eigenvalue weighted by Gasteiger charge is 2.36. The van der Waals surface area contributed by atoms with Gasteiger partial charge in [0.05, 0.1) is 11.3 Å². The first kappa shape index (κ1) is 14.3. The summed E-state index contributed by atoms with van der Waals surface area (Å²) in [5.74, 6) is -1.48. The third-order valence-corrected chi connectivity index (χ3v) is 4.82. The molecule has 0 bridgehead atoms. The number of carbonyl (C=O) groups is 1. The van der Waals surface area contributed by atoms with Crippen molar-refractivity contribution >= 4 is 11.6 Å². The number of nitrogens with zero attached hydrogens (tertiary/aromatic N) is 1. The zero-order valence-electron chi connectivity index (χ0n) is 11.9. The first-order chi connectivity index (χ1) is 10.1. The highest BCUT2D eigenvalue weighted by molar-refractivity contribution is 5.95. The van der Waals surface area contributed by atoms with E-state index in [9.17, 15) is 13.6 Å². The summed E-state index contributed by atoms with van der Waals surface area (Å²) in [6.07, 6.45) is 6.53. The fourth-order valence-corrected chi connectivity index (χ4v) is 3.76. The standard InChI is InChI=1S/C16H20F2N2O/c17-12-9-13(18)14(19)8-11(12)16(21)20-7-3-5-10-4-1-2-6-15(10)20/h8-10,15H,1-7,19H2. The molecule has 0 spiro atoms. The molecule has 1 aliphatic heterocycles. The average Bonchev–Trinajstić information content (AvgIpc) is 2.49. The van der Waals surface area contributed by atoms with Crippen LogP contribution < -0.4 is 5.73 Å². The number of amides is 1. The molecule has 2 aliphatic rings. The Morgan fingerprint density at radius 2 is 1.81 bits per heavy atom. The number of likely N-dealkylation sites (tertiary alicyclic amines) is 1. The van der Waals surface area contributed by atoms with Crippen molar-refractivity contribution in [2.75, 3.05) is 12.3 Å². The van der Waals surface area contributed by atoms with Crippen LogP contribution in [0.15, 0.2) is 12.1 Å². The van der Waals surface area contributed by atoms with Crippen LogP contribution >= 0.6 is 0 Å². The van der Waals surface area contributed by atoms with E-state index in [1.807, 2.05) is 0 Å². The second-order valence-corrected chi connectivity index (χ2v) is 6.11. The van der Waals surface area contributed by atoms with E-state index >= 15 is 0 Å². The zero-order chi connectivity index (χ0) is 15.0. The highest BCUT2D eigenvalue weighted by Crippen LogP contribution is 2.36. The van der Waals surface area contributed by atoms with Gasteiger partial charge in [-0.3, -0.25) is 4.79 Å². The minimum absolute atomic E-state index is 0.111. The molecule has 1 aromatic rings. The molecule has 2 unspecified atom stereocenters. The molecule has 1 saturated carbocycles. The van der Waals surface area contributed by atoms with Gasteiger partial charge in [0.1, 0.15) is 11.6 Å². The van der Waals surface area contributed by atoms with Crippen molar-refractivity contribution in [1.82, 2.24) is 4.90 Å². The predicted octanol–water partition coefficient (Wildman–Crippen LogP) is 3.34. The minimum atomic E-state index is -0.829. The topological polar surface area (TPSA) is 46.3 Å². The fourth-order valence-electron chi connectivity index (χ4n) is 3.76. The van der Waals surface area contributed by atoms with Crippen molar-refractivity contribution in [1.29, 1.82) is 0 Å². The van der Waals surface area contributed by atoms with E-state index in [-0.39, 0.29) is 23.2 Å². The van der Waals surface area contributed by atoms with Gasteiger partial charge in [0.2, 0.25) is 0 Å². The molecule has 1 amide bonds. The molecule has 2 atom stereocenters. The van der Waals surface area contributed by atoms with Crippen molar-refractivity contribution in [2.45, 2.75) is 44.6 Å². The monoisotopic (exact) mass is 294 g/mol. The molecular weight excluding hydrogens is 274 g/mol. The Morgan fingerprint density at radius 1 is 1.10 bits per heavy atom. The molecule has 2 fully saturated rings. The lowest BCUT2D eigenvalue weighted by molar-refractivity contribution is 0.0386. The number of anilines is 1. The van der Waals surface area contributed by atoms with Crippen molar-refractivity contribution in [3.8, 4) is 0 Å². The summed E-state index contributed by atoms with van der Waals surface area (Å²) in [5.41, 5.74) is 5.18. The Bertz CT molecular complexity index is 559. The van der Waals surface area contributed by atoms with Crippen LogP contribution in [0.1, 0.15) is 48.9 Å². The molecule has 3 rings (SSSR count). The number of hydrogen-bond acceptors (Lipinski definition) is 2. The van der Waals surface area contributed by atoms with Gasteiger partial charge in [0.25, 0.3) is 5.91 Å². The second kappa shape index (κ2) is 5.62. The van der Waals surface area contributed by atoms with E-state index in [4.69, 9.17) is 5.73 Å². The van der Waals surface area contributed by atoms with E-state index < -0.39 is 11.6 Å². The van der Waals surface area contributed by atoms with Gasteiger partial charge in [-0.2, -0.15) is 0 Å². The van der Waals surface area contributed by atoms with Crippen LogP contribution in [0.3, 0.4) is 0 Å². The quantitative estimate of drug-likeness (QED) is 0.807. The molecule has 0 aromatic heterocycles. The molecule has 1 saturated heterocycles. The molecule has 114 valence electrons. The summed E-state index contributed by atoms with van der Waals surface area (Å²) < 4.78 is 27.2. The minimum Gasteiger partial charge on any atom is -0.396 e.